The number of rotatable bonds is 3. The van der Waals surface area contributed by atoms with Crippen molar-refractivity contribution in [2.45, 2.75) is 0 Å². The fraction of sp³-hybridized carbons (Fsp3) is 0. The summed E-state index contributed by atoms with van der Waals surface area (Å²) in [5.41, 5.74) is 2.85. The summed E-state index contributed by atoms with van der Waals surface area (Å²) in [6.45, 7) is 0. The topological polar surface area (TPSA) is 99.3 Å². The van der Waals surface area contributed by atoms with E-state index >= 15 is 0 Å². The zero-order valence-electron chi connectivity index (χ0n) is 11.9. The molecule has 1 amide bonds. The van der Waals surface area contributed by atoms with E-state index in [1.54, 1.807) is 12.1 Å². The lowest BCUT2D eigenvalue weighted by Crippen LogP contribution is -2.12. The molecular formula is C16H12N6O. The molecular weight excluding hydrogens is 292 g/mol. The van der Waals surface area contributed by atoms with Crippen LogP contribution in [-0.2, 0) is 0 Å². The summed E-state index contributed by atoms with van der Waals surface area (Å²) < 4.78 is 0. The minimum Gasteiger partial charge on any atom is -0.361 e. The number of tetrazole rings is 1. The van der Waals surface area contributed by atoms with Gasteiger partial charge in [0.25, 0.3) is 5.91 Å². The molecule has 2 aromatic carbocycles. The van der Waals surface area contributed by atoms with E-state index in [0.29, 0.717) is 17.1 Å². The lowest BCUT2D eigenvalue weighted by Gasteiger charge is -2.07. The Morgan fingerprint density at radius 2 is 2.00 bits per heavy atom. The second-order valence-corrected chi connectivity index (χ2v) is 5.02. The number of para-hydroxylation sites is 1. The van der Waals surface area contributed by atoms with Crippen LogP contribution in [0, 0.1) is 0 Å². The molecule has 0 spiro atoms. The van der Waals surface area contributed by atoms with Crippen LogP contribution in [0.2, 0.25) is 0 Å². The number of hydrogen-bond donors (Lipinski definition) is 3. The number of fused-ring (bicyclic) bond motifs is 1. The molecule has 0 bridgehead atoms. The lowest BCUT2D eigenvalue weighted by atomic mass is 10.1. The zero-order valence-corrected chi connectivity index (χ0v) is 11.9. The van der Waals surface area contributed by atoms with Crippen LogP contribution >= 0.6 is 0 Å². The average Bonchev–Trinajstić information content (AvgIpc) is 3.26. The number of aromatic amines is 2. The Bertz CT molecular complexity index is 973. The molecule has 0 saturated carbocycles. The Hall–Kier alpha value is -3.48. The molecule has 4 aromatic rings. The van der Waals surface area contributed by atoms with Crippen molar-refractivity contribution in [1.29, 1.82) is 0 Å². The molecule has 2 heterocycles. The molecule has 7 nitrogen and oxygen atoms in total. The van der Waals surface area contributed by atoms with Crippen molar-refractivity contribution in [2.75, 3.05) is 5.32 Å². The molecule has 0 aliphatic heterocycles. The van der Waals surface area contributed by atoms with Gasteiger partial charge in [0.2, 0.25) is 5.82 Å². The molecule has 0 unspecified atom stereocenters. The number of carbonyl (C=O) groups is 1. The van der Waals surface area contributed by atoms with E-state index in [2.05, 4.69) is 30.9 Å². The van der Waals surface area contributed by atoms with Gasteiger partial charge in [-0.25, -0.2) is 0 Å². The van der Waals surface area contributed by atoms with E-state index < -0.39 is 0 Å². The van der Waals surface area contributed by atoms with E-state index in [1.807, 2.05) is 42.6 Å². The van der Waals surface area contributed by atoms with Gasteiger partial charge in [-0.2, -0.15) is 5.21 Å². The number of hydrogen-bond acceptors (Lipinski definition) is 4. The molecule has 0 fully saturated rings. The highest BCUT2D eigenvalue weighted by Gasteiger charge is 2.12. The molecule has 3 N–H and O–H groups in total. The normalized spacial score (nSPS) is 10.8. The fourth-order valence-corrected chi connectivity index (χ4v) is 2.49. The standard InChI is InChI=1S/C16H12N6O/c23-16(13-6-2-3-10-7-8-17-14(10)13)18-12-5-1-4-11(9-12)15-19-21-22-20-15/h1-9,17H,(H,18,23)(H,19,20,21,22). The smallest absolute Gasteiger partial charge is 0.257 e. The molecule has 0 atom stereocenters. The summed E-state index contributed by atoms with van der Waals surface area (Å²) in [6, 6.07) is 14.8. The molecule has 0 saturated heterocycles. The third-order valence-electron chi connectivity index (χ3n) is 3.56. The summed E-state index contributed by atoms with van der Waals surface area (Å²) in [5.74, 6) is 0.302. The molecule has 112 valence electrons. The number of nitrogens with zero attached hydrogens (tertiary/aromatic N) is 3. The Kier molecular flexibility index (Phi) is 3.09. The summed E-state index contributed by atoms with van der Waals surface area (Å²) in [7, 11) is 0. The van der Waals surface area contributed by atoms with Gasteiger partial charge in [0, 0.05) is 22.8 Å². The van der Waals surface area contributed by atoms with Crippen LogP contribution in [0.3, 0.4) is 0 Å². The third kappa shape index (κ3) is 2.44. The van der Waals surface area contributed by atoms with Gasteiger partial charge in [-0.05, 0) is 29.5 Å². The Morgan fingerprint density at radius 3 is 2.87 bits per heavy atom. The summed E-state index contributed by atoms with van der Waals surface area (Å²) in [5, 5.41) is 17.7. The van der Waals surface area contributed by atoms with Gasteiger partial charge in [-0.1, -0.05) is 24.3 Å². The largest absolute Gasteiger partial charge is 0.361 e. The quantitative estimate of drug-likeness (QED) is 0.541. The predicted molar refractivity (Wildman–Crippen MR) is 85.9 cm³/mol. The number of H-pyrrole nitrogens is 2. The minimum atomic E-state index is -0.177. The Balaban J connectivity index is 1.64. The SMILES string of the molecule is O=C(Nc1cccc(-c2nn[nH]n2)c1)c1cccc2cc[nH]c12. The lowest BCUT2D eigenvalue weighted by molar-refractivity contribution is 0.102. The van der Waals surface area contributed by atoms with Crippen molar-refractivity contribution >= 4 is 22.5 Å². The maximum Gasteiger partial charge on any atom is 0.257 e. The molecule has 4 rings (SSSR count). The van der Waals surface area contributed by atoms with E-state index in [-0.39, 0.29) is 5.91 Å². The Morgan fingerprint density at radius 1 is 1.09 bits per heavy atom. The van der Waals surface area contributed by atoms with Gasteiger partial charge in [-0.3, -0.25) is 4.79 Å². The van der Waals surface area contributed by atoms with Gasteiger partial charge < -0.3 is 10.3 Å². The second kappa shape index (κ2) is 5.38. The highest BCUT2D eigenvalue weighted by atomic mass is 16.1. The van der Waals surface area contributed by atoms with Gasteiger partial charge in [0.15, 0.2) is 0 Å². The van der Waals surface area contributed by atoms with Crippen LogP contribution in [0.1, 0.15) is 10.4 Å². The van der Waals surface area contributed by atoms with Crippen molar-refractivity contribution in [3.05, 3.63) is 60.3 Å². The third-order valence-corrected chi connectivity index (χ3v) is 3.56. The van der Waals surface area contributed by atoms with Gasteiger partial charge in [0.05, 0.1) is 11.1 Å². The second-order valence-electron chi connectivity index (χ2n) is 5.02. The number of benzene rings is 2. The minimum absolute atomic E-state index is 0.177. The number of amides is 1. The Labute approximate surface area is 130 Å². The zero-order chi connectivity index (χ0) is 15.6. The average molecular weight is 304 g/mol. The van der Waals surface area contributed by atoms with Crippen LogP contribution < -0.4 is 5.32 Å². The van der Waals surface area contributed by atoms with E-state index in [0.717, 1.165) is 16.5 Å². The van der Waals surface area contributed by atoms with Crippen LogP contribution in [0.5, 0.6) is 0 Å². The van der Waals surface area contributed by atoms with Crippen LogP contribution in [0.25, 0.3) is 22.3 Å². The predicted octanol–water partition coefficient (Wildman–Crippen LogP) is 2.60. The summed E-state index contributed by atoms with van der Waals surface area (Å²) >= 11 is 0. The van der Waals surface area contributed by atoms with Crippen molar-refractivity contribution in [3.8, 4) is 11.4 Å². The van der Waals surface area contributed by atoms with Gasteiger partial charge in [-0.15, -0.1) is 10.2 Å². The van der Waals surface area contributed by atoms with Crippen molar-refractivity contribution < 1.29 is 4.79 Å². The molecule has 0 radical (unpaired) electrons. The van der Waals surface area contributed by atoms with Crippen molar-refractivity contribution in [2.24, 2.45) is 0 Å². The summed E-state index contributed by atoms with van der Waals surface area (Å²) in [6.07, 6.45) is 1.82. The monoisotopic (exact) mass is 304 g/mol. The molecule has 0 aliphatic rings. The molecule has 23 heavy (non-hydrogen) atoms. The number of anilines is 1. The molecule has 7 heteroatoms. The van der Waals surface area contributed by atoms with Crippen LogP contribution in [-0.4, -0.2) is 31.5 Å². The van der Waals surface area contributed by atoms with E-state index in [9.17, 15) is 4.79 Å². The fourth-order valence-electron chi connectivity index (χ4n) is 2.49. The van der Waals surface area contributed by atoms with Gasteiger partial charge in [0.1, 0.15) is 0 Å². The number of aromatic nitrogens is 5. The van der Waals surface area contributed by atoms with Crippen molar-refractivity contribution in [1.82, 2.24) is 25.6 Å². The molecule has 2 aromatic heterocycles. The highest BCUT2D eigenvalue weighted by molar-refractivity contribution is 6.12. The first-order chi connectivity index (χ1) is 11.3. The van der Waals surface area contributed by atoms with E-state index in [1.165, 1.54) is 0 Å². The number of carbonyl (C=O) groups excluding carboxylic acids is 1. The van der Waals surface area contributed by atoms with Crippen molar-refractivity contribution in [3.63, 3.8) is 0 Å². The molecule has 0 aliphatic carbocycles. The maximum absolute atomic E-state index is 12.5. The van der Waals surface area contributed by atoms with Crippen LogP contribution in [0.4, 0.5) is 5.69 Å². The van der Waals surface area contributed by atoms with E-state index in [4.69, 9.17) is 0 Å². The first kappa shape index (κ1) is 13.2. The first-order valence-corrected chi connectivity index (χ1v) is 7.02. The summed E-state index contributed by atoms with van der Waals surface area (Å²) in [4.78, 5) is 15.6. The number of nitrogens with one attached hydrogen (secondary N) is 3. The highest BCUT2D eigenvalue weighted by Crippen LogP contribution is 2.21. The first-order valence-electron chi connectivity index (χ1n) is 7.02. The maximum atomic E-state index is 12.5. The van der Waals surface area contributed by atoms with Crippen LogP contribution in [0.15, 0.2) is 54.7 Å². The van der Waals surface area contributed by atoms with Gasteiger partial charge >= 0.3 is 0 Å².